The summed E-state index contributed by atoms with van der Waals surface area (Å²) in [5.74, 6) is -0.00117. The number of hydrogen-bond acceptors (Lipinski definition) is 4. The Kier molecular flexibility index (Phi) is 4.14. The van der Waals surface area contributed by atoms with E-state index in [-0.39, 0.29) is 11.4 Å². The lowest BCUT2D eigenvalue weighted by atomic mass is 10.2. The zero-order valence-corrected chi connectivity index (χ0v) is 15.3. The van der Waals surface area contributed by atoms with Gasteiger partial charge >= 0.3 is 0 Å². The van der Waals surface area contributed by atoms with E-state index in [1.807, 2.05) is 0 Å². The molecule has 24 heavy (non-hydrogen) atoms. The third-order valence-electron chi connectivity index (χ3n) is 4.31. The third-order valence-corrected chi connectivity index (χ3v) is 6.91. The smallest absolute Gasteiger partial charge is 0.262 e. The highest BCUT2D eigenvalue weighted by atomic mass is 35.5. The van der Waals surface area contributed by atoms with Crippen molar-refractivity contribution >= 4 is 44.9 Å². The molecule has 0 saturated carbocycles. The van der Waals surface area contributed by atoms with Crippen molar-refractivity contribution in [1.29, 1.82) is 0 Å². The lowest BCUT2D eigenvalue weighted by molar-refractivity contribution is 0.617. The number of hydrogen-bond donors (Lipinski definition) is 0. The maximum Gasteiger partial charge on any atom is 0.262 e. The molecule has 0 spiro atoms. The Morgan fingerprint density at radius 2 is 2.25 bits per heavy atom. The van der Waals surface area contributed by atoms with Crippen molar-refractivity contribution in [1.82, 2.24) is 9.55 Å². The van der Waals surface area contributed by atoms with Gasteiger partial charge in [0.1, 0.15) is 10.6 Å². The van der Waals surface area contributed by atoms with E-state index in [2.05, 4.69) is 4.98 Å². The number of halogens is 2. The van der Waals surface area contributed by atoms with Gasteiger partial charge in [-0.3, -0.25) is 9.36 Å². The van der Waals surface area contributed by atoms with Crippen LogP contribution in [-0.2, 0) is 25.6 Å². The highest BCUT2D eigenvalue weighted by molar-refractivity contribution is 7.98. The Morgan fingerprint density at radius 1 is 1.42 bits per heavy atom. The fourth-order valence-corrected chi connectivity index (χ4v) is 5.66. The largest absolute Gasteiger partial charge is 0.290 e. The van der Waals surface area contributed by atoms with Crippen molar-refractivity contribution in [3.8, 4) is 0 Å². The van der Waals surface area contributed by atoms with Gasteiger partial charge < -0.3 is 0 Å². The predicted molar refractivity (Wildman–Crippen MR) is 97.9 cm³/mol. The summed E-state index contributed by atoms with van der Waals surface area (Å²) in [7, 11) is 1.72. The number of nitrogens with zero attached hydrogens (tertiary/aromatic N) is 2. The molecule has 0 radical (unpaired) electrons. The molecular formula is C17H14ClFN2OS2. The Balaban J connectivity index is 1.73. The number of aryl methyl sites for hydroxylation is 2. The van der Waals surface area contributed by atoms with Gasteiger partial charge in [-0.15, -0.1) is 11.3 Å². The van der Waals surface area contributed by atoms with Gasteiger partial charge in [-0.05, 0) is 37.0 Å². The Bertz CT molecular complexity index is 992. The maximum absolute atomic E-state index is 13.9. The average molecular weight is 381 g/mol. The number of thiophene rings is 1. The van der Waals surface area contributed by atoms with E-state index in [4.69, 9.17) is 11.6 Å². The summed E-state index contributed by atoms with van der Waals surface area (Å²) in [6.07, 6.45) is 3.11. The van der Waals surface area contributed by atoms with E-state index < -0.39 is 0 Å². The minimum atomic E-state index is -0.337. The number of fused-ring (bicyclic) bond motifs is 3. The first-order valence-corrected chi connectivity index (χ1v) is 9.81. The molecule has 0 atom stereocenters. The van der Waals surface area contributed by atoms with E-state index in [1.165, 1.54) is 28.3 Å². The van der Waals surface area contributed by atoms with Gasteiger partial charge in [0, 0.05) is 28.3 Å². The van der Waals surface area contributed by atoms with Crippen LogP contribution in [0.25, 0.3) is 10.2 Å². The standard InChI is InChI=1S/C17H14ClFN2OS2/c1-21-16(22)14-9-4-2-7-13(9)24-15(14)20-17(21)23-8-10-11(18)5-3-6-12(10)19/h3,5-6H,2,4,7-8H2,1H3. The van der Waals surface area contributed by atoms with E-state index >= 15 is 0 Å². The van der Waals surface area contributed by atoms with Gasteiger partial charge in [0.15, 0.2) is 5.16 Å². The number of aromatic nitrogens is 2. The SMILES string of the molecule is Cn1c(SCc2c(F)cccc2Cl)nc2sc3c(c2c1=O)CCC3. The van der Waals surface area contributed by atoms with Crippen molar-refractivity contribution in [3.05, 3.63) is 55.4 Å². The summed E-state index contributed by atoms with van der Waals surface area (Å²) in [4.78, 5) is 19.5. The highest BCUT2D eigenvalue weighted by Gasteiger charge is 2.22. The molecule has 7 heteroatoms. The Morgan fingerprint density at radius 3 is 3.04 bits per heavy atom. The van der Waals surface area contributed by atoms with E-state index in [0.717, 1.165) is 29.5 Å². The van der Waals surface area contributed by atoms with Crippen molar-refractivity contribution in [2.45, 2.75) is 30.2 Å². The molecule has 1 aliphatic rings. The van der Waals surface area contributed by atoms with Crippen LogP contribution in [-0.4, -0.2) is 9.55 Å². The molecule has 2 aromatic heterocycles. The molecule has 4 rings (SSSR count). The van der Waals surface area contributed by atoms with Crippen LogP contribution in [0.5, 0.6) is 0 Å². The molecule has 0 unspecified atom stereocenters. The first-order valence-electron chi connectivity index (χ1n) is 7.63. The van der Waals surface area contributed by atoms with Crippen LogP contribution in [0.15, 0.2) is 28.2 Å². The zero-order chi connectivity index (χ0) is 16.8. The van der Waals surface area contributed by atoms with Crippen LogP contribution >= 0.6 is 34.7 Å². The molecule has 0 bridgehead atoms. The van der Waals surface area contributed by atoms with Crippen molar-refractivity contribution in [2.24, 2.45) is 7.05 Å². The fourth-order valence-electron chi connectivity index (χ4n) is 3.04. The summed E-state index contributed by atoms with van der Waals surface area (Å²) < 4.78 is 15.5. The summed E-state index contributed by atoms with van der Waals surface area (Å²) in [5.41, 5.74) is 1.60. The van der Waals surface area contributed by atoms with Crippen LogP contribution in [0.3, 0.4) is 0 Å². The van der Waals surface area contributed by atoms with Gasteiger partial charge in [0.2, 0.25) is 0 Å². The molecule has 0 saturated heterocycles. The van der Waals surface area contributed by atoms with Crippen LogP contribution in [0.2, 0.25) is 5.02 Å². The summed E-state index contributed by atoms with van der Waals surface area (Å²) in [6.45, 7) is 0. The van der Waals surface area contributed by atoms with Crippen LogP contribution in [0.4, 0.5) is 4.39 Å². The molecule has 1 aromatic carbocycles. The lowest BCUT2D eigenvalue weighted by Crippen LogP contribution is -2.20. The molecule has 0 aliphatic heterocycles. The molecule has 3 aromatic rings. The fraction of sp³-hybridized carbons (Fsp3) is 0.294. The summed E-state index contributed by atoms with van der Waals surface area (Å²) >= 11 is 9.02. The monoisotopic (exact) mass is 380 g/mol. The number of benzene rings is 1. The average Bonchev–Trinajstić information content (AvgIpc) is 3.11. The normalized spacial score (nSPS) is 13.6. The van der Waals surface area contributed by atoms with Crippen LogP contribution < -0.4 is 5.56 Å². The molecule has 0 fully saturated rings. The topological polar surface area (TPSA) is 34.9 Å². The molecule has 1 aliphatic carbocycles. The van der Waals surface area contributed by atoms with Crippen LogP contribution in [0, 0.1) is 5.82 Å². The van der Waals surface area contributed by atoms with Gasteiger partial charge in [0.05, 0.1) is 5.39 Å². The molecule has 124 valence electrons. The zero-order valence-electron chi connectivity index (χ0n) is 12.9. The Hall–Kier alpha value is -1.37. The number of rotatable bonds is 3. The summed E-state index contributed by atoms with van der Waals surface area (Å²) in [5, 5.41) is 1.75. The van der Waals surface area contributed by atoms with Gasteiger partial charge in [-0.1, -0.05) is 29.4 Å². The predicted octanol–water partition coefficient (Wildman–Crippen LogP) is 4.57. The first-order chi connectivity index (χ1) is 11.6. The maximum atomic E-state index is 13.9. The van der Waals surface area contributed by atoms with Gasteiger partial charge in [0.25, 0.3) is 5.56 Å². The second-order valence-electron chi connectivity index (χ2n) is 5.78. The molecule has 3 nitrogen and oxygen atoms in total. The summed E-state index contributed by atoms with van der Waals surface area (Å²) in [6, 6.07) is 4.64. The van der Waals surface area contributed by atoms with E-state index in [0.29, 0.717) is 21.5 Å². The molecular weight excluding hydrogens is 367 g/mol. The van der Waals surface area contributed by atoms with E-state index in [9.17, 15) is 9.18 Å². The van der Waals surface area contributed by atoms with Crippen molar-refractivity contribution in [2.75, 3.05) is 0 Å². The minimum absolute atomic E-state index is 0.0125. The molecule has 0 N–H and O–H groups in total. The second-order valence-corrected chi connectivity index (χ2v) is 8.22. The van der Waals surface area contributed by atoms with Crippen molar-refractivity contribution < 1.29 is 4.39 Å². The van der Waals surface area contributed by atoms with Crippen molar-refractivity contribution in [3.63, 3.8) is 0 Å². The van der Waals surface area contributed by atoms with Gasteiger partial charge in [-0.25, -0.2) is 9.37 Å². The van der Waals surface area contributed by atoms with Crippen LogP contribution in [0.1, 0.15) is 22.4 Å². The Labute approximate surface area is 151 Å². The quantitative estimate of drug-likeness (QED) is 0.493. The lowest BCUT2D eigenvalue weighted by Gasteiger charge is -2.09. The number of thioether (sulfide) groups is 1. The molecule has 0 amide bonds. The van der Waals surface area contributed by atoms with Gasteiger partial charge in [-0.2, -0.15) is 0 Å². The third kappa shape index (κ3) is 2.57. The first kappa shape index (κ1) is 16.1. The second kappa shape index (κ2) is 6.17. The highest BCUT2D eigenvalue weighted by Crippen LogP contribution is 2.36. The van der Waals surface area contributed by atoms with E-state index in [1.54, 1.807) is 35.1 Å². The minimum Gasteiger partial charge on any atom is -0.290 e. The molecule has 2 heterocycles.